The van der Waals surface area contributed by atoms with Crippen LogP contribution in [0.2, 0.25) is 0 Å². The van der Waals surface area contributed by atoms with E-state index in [1.165, 1.54) is 0 Å². The molecule has 1 heterocycles. The van der Waals surface area contributed by atoms with Crippen LogP contribution in [0.5, 0.6) is 0 Å². The number of nitrogens with zero attached hydrogens (tertiary/aromatic N) is 2. The molecule has 0 aromatic carbocycles. The van der Waals surface area contributed by atoms with Gasteiger partial charge in [0.25, 0.3) is 0 Å². The SMILES string of the molecule is Cc1cc(C=CCCO)cnc1C#N. The van der Waals surface area contributed by atoms with Crippen molar-refractivity contribution in [2.24, 2.45) is 0 Å². The van der Waals surface area contributed by atoms with E-state index in [9.17, 15) is 0 Å². The lowest BCUT2D eigenvalue weighted by molar-refractivity contribution is 0.303. The number of aromatic nitrogens is 1. The smallest absolute Gasteiger partial charge is 0.143 e. The van der Waals surface area contributed by atoms with Gasteiger partial charge in [0.15, 0.2) is 0 Å². The van der Waals surface area contributed by atoms with Gasteiger partial charge in [-0.1, -0.05) is 12.2 Å². The number of hydrogen-bond acceptors (Lipinski definition) is 3. The first kappa shape index (κ1) is 10.4. The average Bonchev–Trinajstić information content (AvgIpc) is 2.18. The minimum Gasteiger partial charge on any atom is -0.396 e. The van der Waals surface area contributed by atoms with E-state index in [0.29, 0.717) is 12.1 Å². The fourth-order valence-corrected chi connectivity index (χ4v) is 1.10. The molecule has 1 N–H and O–H groups in total. The van der Waals surface area contributed by atoms with Crippen molar-refractivity contribution in [2.45, 2.75) is 13.3 Å². The molecule has 0 fully saturated rings. The standard InChI is InChI=1S/C11H12N2O/c1-9-6-10(4-2-3-5-14)8-13-11(9)7-12/h2,4,6,8,14H,3,5H2,1H3. The summed E-state index contributed by atoms with van der Waals surface area (Å²) in [6.07, 6.45) is 6.05. The fraction of sp³-hybridized carbons (Fsp3) is 0.273. The first-order chi connectivity index (χ1) is 6.77. The van der Waals surface area contributed by atoms with E-state index in [0.717, 1.165) is 11.1 Å². The van der Waals surface area contributed by atoms with Crippen molar-refractivity contribution in [3.63, 3.8) is 0 Å². The van der Waals surface area contributed by atoms with Crippen LogP contribution in [0.25, 0.3) is 6.08 Å². The van der Waals surface area contributed by atoms with Crippen LogP contribution in [-0.2, 0) is 0 Å². The predicted molar refractivity (Wildman–Crippen MR) is 54.4 cm³/mol. The Bertz CT molecular complexity index is 377. The first-order valence-electron chi connectivity index (χ1n) is 4.42. The zero-order valence-electron chi connectivity index (χ0n) is 8.07. The van der Waals surface area contributed by atoms with Gasteiger partial charge in [0, 0.05) is 12.8 Å². The zero-order valence-corrected chi connectivity index (χ0v) is 8.07. The molecule has 0 aliphatic rings. The van der Waals surface area contributed by atoms with Gasteiger partial charge in [-0.2, -0.15) is 5.26 Å². The van der Waals surface area contributed by atoms with Gasteiger partial charge in [0.1, 0.15) is 11.8 Å². The largest absolute Gasteiger partial charge is 0.396 e. The molecule has 1 aromatic heterocycles. The highest BCUT2D eigenvalue weighted by atomic mass is 16.2. The number of rotatable bonds is 3. The summed E-state index contributed by atoms with van der Waals surface area (Å²) in [5.41, 5.74) is 2.29. The van der Waals surface area contributed by atoms with E-state index in [4.69, 9.17) is 10.4 Å². The Kier molecular flexibility index (Phi) is 3.84. The van der Waals surface area contributed by atoms with Gasteiger partial charge in [-0.05, 0) is 30.5 Å². The summed E-state index contributed by atoms with van der Waals surface area (Å²) in [7, 11) is 0. The van der Waals surface area contributed by atoms with Crippen LogP contribution in [0.3, 0.4) is 0 Å². The first-order valence-corrected chi connectivity index (χ1v) is 4.42. The summed E-state index contributed by atoms with van der Waals surface area (Å²) < 4.78 is 0. The van der Waals surface area contributed by atoms with Gasteiger partial charge >= 0.3 is 0 Å². The van der Waals surface area contributed by atoms with Crippen LogP contribution in [0, 0.1) is 18.3 Å². The lowest BCUT2D eigenvalue weighted by Gasteiger charge is -1.97. The number of pyridine rings is 1. The van der Waals surface area contributed by atoms with Crippen LogP contribution < -0.4 is 0 Å². The minimum atomic E-state index is 0.152. The summed E-state index contributed by atoms with van der Waals surface area (Å²) in [5, 5.41) is 17.2. The minimum absolute atomic E-state index is 0.152. The predicted octanol–water partition coefficient (Wildman–Crippen LogP) is 1.66. The van der Waals surface area contributed by atoms with Crippen LogP contribution in [-0.4, -0.2) is 16.7 Å². The van der Waals surface area contributed by atoms with E-state index in [-0.39, 0.29) is 6.61 Å². The lowest BCUT2D eigenvalue weighted by atomic mass is 10.1. The summed E-state index contributed by atoms with van der Waals surface area (Å²) in [5.74, 6) is 0. The van der Waals surface area contributed by atoms with Crippen LogP contribution in [0.15, 0.2) is 18.3 Å². The van der Waals surface area contributed by atoms with Crippen molar-refractivity contribution in [3.8, 4) is 6.07 Å². The van der Waals surface area contributed by atoms with E-state index in [1.807, 2.05) is 31.2 Å². The third kappa shape index (κ3) is 2.68. The Balaban J connectivity index is 2.82. The highest BCUT2D eigenvalue weighted by Crippen LogP contribution is 2.08. The van der Waals surface area contributed by atoms with Crippen molar-refractivity contribution in [3.05, 3.63) is 35.2 Å². The number of nitriles is 1. The van der Waals surface area contributed by atoms with E-state index in [2.05, 4.69) is 4.98 Å². The van der Waals surface area contributed by atoms with Gasteiger partial charge in [0.2, 0.25) is 0 Å². The monoisotopic (exact) mass is 188 g/mol. The summed E-state index contributed by atoms with van der Waals surface area (Å²) >= 11 is 0. The Hall–Kier alpha value is -1.66. The normalized spacial score (nSPS) is 10.4. The van der Waals surface area contributed by atoms with Gasteiger partial charge < -0.3 is 5.11 Å². The van der Waals surface area contributed by atoms with Gasteiger partial charge in [0.05, 0.1) is 0 Å². The van der Waals surface area contributed by atoms with E-state index in [1.54, 1.807) is 6.20 Å². The Morgan fingerprint density at radius 3 is 3.00 bits per heavy atom. The van der Waals surface area contributed by atoms with E-state index >= 15 is 0 Å². The molecule has 0 amide bonds. The lowest BCUT2D eigenvalue weighted by Crippen LogP contribution is -1.88. The highest BCUT2D eigenvalue weighted by molar-refractivity contribution is 5.50. The fourth-order valence-electron chi connectivity index (χ4n) is 1.10. The molecule has 0 aliphatic heterocycles. The maximum absolute atomic E-state index is 8.66. The Morgan fingerprint density at radius 2 is 2.43 bits per heavy atom. The zero-order chi connectivity index (χ0) is 10.4. The van der Waals surface area contributed by atoms with Crippen LogP contribution in [0.4, 0.5) is 0 Å². The maximum Gasteiger partial charge on any atom is 0.143 e. The highest BCUT2D eigenvalue weighted by Gasteiger charge is 1.97. The van der Waals surface area contributed by atoms with Gasteiger partial charge in [-0.15, -0.1) is 0 Å². The van der Waals surface area contributed by atoms with Crippen molar-refractivity contribution in [2.75, 3.05) is 6.61 Å². The molecule has 0 unspecified atom stereocenters. The molecule has 0 saturated carbocycles. The molecule has 72 valence electrons. The van der Waals surface area contributed by atoms with Crippen molar-refractivity contribution in [1.29, 1.82) is 5.26 Å². The van der Waals surface area contributed by atoms with Gasteiger partial charge in [-0.3, -0.25) is 0 Å². The molecule has 0 atom stereocenters. The molecule has 1 rings (SSSR count). The third-order valence-corrected chi connectivity index (χ3v) is 1.81. The Morgan fingerprint density at radius 1 is 1.64 bits per heavy atom. The summed E-state index contributed by atoms with van der Waals surface area (Å²) in [4.78, 5) is 4.00. The second kappa shape index (κ2) is 5.15. The second-order valence-electron chi connectivity index (χ2n) is 2.96. The third-order valence-electron chi connectivity index (χ3n) is 1.81. The summed E-state index contributed by atoms with van der Waals surface area (Å²) in [6.45, 7) is 2.01. The molecule has 0 bridgehead atoms. The Labute approximate surface area is 83.3 Å². The number of aliphatic hydroxyl groups is 1. The molecule has 3 nitrogen and oxygen atoms in total. The molecular formula is C11H12N2O. The second-order valence-corrected chi connectivity index (χ2v) is 2.96. The molecule has 0 saturated heterocycles. The molecule has 1 aromatic rings. The van der Waals surface area contributed by atoms with Crippen molar-refractivity contribution >= 4 is 6.08 Å². The molecule has 3 heteroatoms. The number of aryl methyl sites for hydroxylation is 1. The van der Waals surface area contributed by atoms with Crippen molar-refractivity contribution < 1.29 is 5.11 Å². The summed E-state index contributed by atoms with van der Waals surface area (Å²) in [6, 6.07) is 3.92. The quantitative estimate of drug-likeness (QED) is 0.784. The van der Waals surface area contributed by atoms with Gasteiger partial charge in [-0.25, -0.2) is 4.98 Å². The maximum atomic E-state index is 8.66. The van der Waals surface area contributed by atoms with Crippen LogP contribution >= 0.6 is 0 Å². The number of aliphatic hydroxyl groups excluding tert-OH is 1. The average molecular weight is 188 g/mol. The topological polar surface area (TPSA) is 56.9 Å². The molecular weight excluding hydrogens is 176 g/mol. The van der Waals surface area contributed by atoms with E-state index < -0.39 is 0 Å². The van der Waals surface area contributed by atoms with Crippen LogP contribution in [0.1, 0.15) is 23.2 Å². The molecule has 0 aliphatic carbocycles. The molecule has 0 spiro atoms. The molecule has 14 heavy (non-hydrogen) atoms. The number of hydrogen-bond donors (Lipinski definition) is 1. The molecule has 0 radical (unpaired) electrons. The van der Waals surface area contributed by atoms with Crippen molar-refractivity contribution in [1.82, 2.24) is 4.98 Å².